The summed E-state index contributed by atoms with van der Waals surface area (Å²) in [4.78, 5) is 10.3. The van der Waals surface area contributed by atoms with Gasteiger partial charge in [-0.2, -0.15) is 5.26 Å². The Morgan fingerprint density at radius 1 is 1.57 bits per heavy atom. The maximum absolute atomic E-state index is 10.3. The summed E-state index contributed by atoms with van der Waals surface area (Å²) in [6.07, 6.45) is 2.31. The SMILES string of the molecule is N#Cc1ccc(N)cc1C=CC(=O)O. The minimum Gasteiger partial charge on any atom is -0.478 e. The molecule has 0 fully saturated rings. The molecule has 0 aliphatic carbocycles. The first-order valence-electron chi connectivity index (χ1n) is 3.84. The van der Waals surface area contributed by atoms with Gasteiger partial charge in [-0.05, 0) is 29.8 Å². The molecular weight excluding hydrogens is 180 g/mol. The monoisotopic (exact) mass is 188 g/mol. The average Bonchev–Trinajstić information content (AvgIpc) is 2.15. The molecule has 4 heteroatoms. The molecule has 0 unspecified atom stereocenters. The summed E-state index contributed by atoms with van der Waals surface area (Å²) < 4.78 is 0. The van der Waals surface area contributed by atoms with E-state index in [1.807, 2.05) is 6.07 Å². The van der Waals surface area contributed by atoms with Gasteiger partial charge < -0.3 is 10.8 Å². The molecule has 0 amide bonds. The number of nitrogens with zero attached hydrogens (tertiary/aromatic N) is 1. The van der Waals surface area contributed by atoms with E-state index in [0.717, 1.165) is 6.08 Å². The van der Waals surface area contributed by atoms with E-state index in [1.54, 1.807) is 18.2 Å². The highest BCUT2D eigenvalue weighted by atomic mass is 16.4. The van der Waals surface area contributed by atoms with Crippen molar-refractivity contribution in [1.29, 1.82) is 5.26 Å². The topological polar surface area (TPSA) is 87.1 Å². The highest BCUT2D eigenvalue weighted by Gasteiger charge is 1.99. The third-order valence-electron chi connectivity index (χ3n) is 1.60. The number of rotatable bonds is 2. The number of nitrogens with two attached hydrogens (primary N) is 1. The van der Waals surface area contributed by atoms with E-state index >= 15 is 0 Å². The van der Waals surface area contributed by atoms with Crippen LogP contribution in [-0.4, -0.2) is 11.1 Å². The van der Waals surface area contributed by atoms with Crippen LogP contribution in [0.2, 0.25) is 0 Å². The summed E-state index contributed by atoms with van der Waals surface area (Å²) in [6.45, 7) is 0. The number of benzene rings is 1. The van der Waals surface area contributed by atoms with Crippen molar-refractivity contribution in [2.24, 2.45) is 0 Å². The molecule has 0 saturated heterocycles. The van der Waals surface area contributed by atoms with Crippen molar-refractivity contribution >= 4 is 17.7 Å². The fourth-order valence-corrected chi connectivity index (χ4v) is 0.982. The minimum atomic E-state index is -1.06. The first-order valence-corrected chi connectivity index (χ1v) is 3.84. The zero-order valence-corrected chi connectivity index (χ0v) is 7.27. The van der Waals surface area contributed by atoms with Crippen LogP contribution in [0, 0.1) is 11.3 Å². The number of carbonyl (C=O) groups is 1. The normalized spacial score (nSPS) is 9.93. The Hall–Kier alpha value is -2.28. The summed E-state index contributed by atoms with van der Waals surface area (Å²) in [5, 5.41) is 17.1. The molecule has 0 spiro atoms. The van der Waals surface area contributed by atoms with E-state index in [0.29, 0.717) is 16.8 Å². The minimum absolute atomic E-state index is 0.400. The van der Waals surface area contributed by atoms with Crippen LogP contribution in [0.4, 0.5) is 5.69 Å². The maximum Gasteiger partial charge on any atom is 0.328 e. The van der Waals surface area contributed by atoms with Gasteiger partial charge in [-0.15, -0.1) is 0 Å². The highest BCUT2D eigenvalue weighted by molar-refractivity contribution is 5.86. The van der Waals surface area contributed by atoms with Crippen LogP contribution >= 0.6 is 0 Å². The summed E-state index contributed by atoms with van der Waals surface area (Å²) in [7, 11) is 0. The number of nitriles is 1. The quantitative estimate of drug-likeness (QED) is 0.540. The van der Waals surface area contributed by atoms with Gasteiger partial charge in [0.15, 0.2) is 0 Å². The molecule has 0 bridgehead atoms. The Morgan fingerprint density at radius 3 is 2.86 bits per heavy atom. The van der Waals surface area contributed by atoms with E-state index < -0.39 is 5.97 Å². The van der Waals surface area contributed by atoms with Gasteiger partial charge in [0, 0.05) is 11.8 Å². The Morgan fingerprint density at radius 2 is 2.29 bits per heavy atom. The first-order chi connectivity index (χ1) is 6.63. The van der Waals surface area contributed by atoms with Crippen molar-refractivity contribution < 1.29 is 9.90 Å². The van der Waals surface area contributed by atoms with Crippen molar-refractivity contribution in [3.8, 4) is 6.07 Å². The van der Waals surface area contributed by atoms with Crippen LogP contribution in [0.5, 0.6) is 0 Å². The average molecular weight is 188 g/mol. The van der Waals surface area contributed by atoms with Gasteiger partial charge in [0.25, 0.3) is 0 Å². The number of hydrogen-bond donors (Lipinski definition) is 2. The zero-order chi connectivity index (χ0) is 10.6. The summed E-state index contributed by atoms with van der Waals surface area (Å²) >= 11 is 0. The second-order valence-electron chi connectivity index (χ2n) is 2.63. The molecule has 3 N–H and O–H groups in total. The number of carboxylic acids is 1. The first kappa shape index (κ1) is 9.81. The van der Waals surface area contributed by atoms with E-state index in [1.165, 1.54) is 6.08 Å². The highest BCUT2D eigenvalue weighted by Crippen LogP contribution is 2.14. The summed E-state index contributed by atoms with van der Waals surface area (Å²) in [5.74, 6) is -1.06. The van der Waals surface area contributed by atoms with Crippen molar-refractivity contribution in [1.82, 2.24) is 0 Å². The predicted molar refractivity (Wildman–Crippen MR) is 52.2 cm³/mol. The lowest BCUT2D eigenvalue weighted by atomic mass is 10.1. The Bertz CT molecular complexity index is 430. The van der Waals surface area contributed by atoms with Gasteiger partial charge in [0.2, 0.25) is 0 Å². The molecule has 0 aliphatic rings. The lowest BCUT2D eigenvalue weighted by Crippen LogP contribution is -1.90. The van der Waals surface area contributed by atoms with Crippen LogP contribution in [0.1, 0.15) is 11.1 Å². The Kier molecular flexibility index (Phi) is 2.87. The number of aliphatic carboxylic acids is 1. The molecule has 0 aromatic heterocycles. The van der Waals surface area contributed by atoms with E-state index in [-0.39, 0.29) is 0 Å². The van der Waals surface area contributed by atoms with Crippen LogP contribution in [0.15, 0.2) is 24.3 Å². The van der Waals surface area contributed by atoms with Gasteiger partial charge in [-0.25, -0.2) is 4.79 Å². The summed E-state index contributed by atoms with van der Waals surface area (Å²) in [5.41, 5.74) is 6.90. The van der Waals surface area contributed by atoms with Gasteiger partial charge in [0.1, 0.15) is 0 Å². The van der Waals surface area contributed by atoms with Gasteiger partial charge in [-0.3, -0.25) is 0 Å². The summed E-state index contributed by atoms with van der Waals surface area (Å²) in [6, 6.07) is 6.65. The molecule has 0 atom stereocenters. The van der Waals surface area contributed by atoms with E-state index in [4.69, 9.17) is 16.1 Å². The molecule has 0 radical (unpaired) electrons. The fourth-order valence-electron chi connectivity index (χ4n) is 0.982. The number of hydrogen-bond acceptors (Lipinski definition) is 3. The van der Waals surface area contributed by atoms with Crippen molar-refractivity contribution in [2.75, 3.05) is 5.73 Å². The standard InChI is InChI=1S/C10H8N2O2/c11-6-8-1-3-9(12)5-7(8)2-4-10(13)14/h1-5H,12H2,(H,13,14). The lowest BCUT2D eigenvalue weighted by molar-refractivity contribution is -0.131. The molecule has 1 aromatic rings. The number of nitrogen functional groups attached to an aromatic ring is 1. The smallest absolute Gasteiger partial charge is 0.328 e. The molecule has 0 aliphatic heterocycles. The van der Waals surface area contributed by atoms with Gasteiger partial charge in [-0.1, -0.05) is 0 Å². The van der Waals surface area contributed by atoms with E-state index in [9.17, 15) is 4.79 Å². The molecule has 14 heavy (non-hydrogen) atoms. The predicted octanol–water partition coefficient (Wildman–Crippen LogP) is 1.24. The molecule has 70 valence electrons. The van der Waals surface area contributed by atoms with Crippen molar-refractivity contribution in [3.63, 3.8) is 0 Å². The molecular formula is C10H8N2O2. The van der Waals surface area contributed by atoms with Gasteiger partial charge in [0.05, 0.1) is 11.6 Å². The van der Waals surface area contributed by atoms with Crippen LogP contribution in [-0.2, 0) is 4.79 Å². The fraction of sp³-hybridized carbons (Fsp3) is 0. The zero-order valence-electron chi connectivity index (χ0n) is 7.27. The Labute approximate surface area is 80.9 Å². The van der Waals surface area contributed by atoms with E-state index in [2.05, 4.69) is 0 Å². The lowest BCUT2D eigenvalue weighted by Gasteiger charge is -1.98. The van der Waals surface area contributed by atoms with Crippen LogP contribution in [0.25, 0.3) is 6.08 Å². The van der Waals surface area contributed by atoms with Gasteiger partial charge >= 0.3 is 5.97 Å². The largest absolute Gasteiger partial charge is 0.478 e. The van der Waals surface area contributed by atoms with Crippen LogP contribution in [0.3, 0.4) is 0 Å². The third kappa shape index (κ3) is 2.35. The van der Waals surface area contributed by atoms with Crippen molar-refractivity contribution in [3.05, 3.63) is 35.4 Å². The second-order valence-corrected chi connectivity index (χ2v) is 2.63. The molecule has 4 nitrogen and oxygen atoms in total. The number of carboxylic acid groups (broad SMARTS) is 1. The molecule has 0 heterocycles. The third-order valence-corrected chi connectivity index (χ3v) is 1.60. The Balaban J connectivity index is 3.13. The molecule has 0 saturated carbocycles. The molecule has 1 rings (SSSR count). The van der Waals surface area contributed by atoms with Crippen LogP contribution < -0.4 is 5.73 Å². The number of anilines is 1. The second kappa shape index (κ2) is 4.10. The maximum atomic E-state index is 10.3. The molecule has 1 aromatic carbocycles. The van der Waals surface area contributed by atoms with Crippen molar-refractivity contribution in [2.45, 2.75) is 0 Å².